The molecule has 0 aromatic heterocycles. The summed E-state index contributed by atoms with van der Waals surface area (Å²) in [6.07, 6.45) is 0. The molecule has 2 amide bonds. The van der Waals surface area contributed by atoms with Crippen LogP contribution in [0, 0.1) is 5.82 Å². The Morgan fingerprint density at radius 1 is 1.06 bits per heavy atom. The van der Waals surface area contributed by atoms with Crippen LogP contribution in [0.25, 0.3) is 0 Å². The molecule has 8 heteroatoms. The van der Waals surface area contributed by atoms with Crippen LogP contribution in [0.1, 0.15) is 6.92 Å². The van der Waals surface area contributed by atoms with Crippen molar-refractivity contribution in [3.05, 3.63) is 54.3 Å². The molecule has 166 valence electrons. The van der Waals surface area contributed by atoms with Gasteiger partial charge in [-0.3, -0.25) is 14.5 Å². The summed E-state index contributed by atoms with van der Waals surface area (Å²) in [6.45, 7) is 5.44. The fraction of sp³-hybridized carbons (Fsp3) is 0.391. The van der Waals surface area contributed by atoms with E-state index < -0.39 is 0 Å². The summed E-state index contributed by atoms with van der Waals surface area (Å²) in [5, 5.41) is 2.84. The Morgan fingerprint density at radius 3 is 2.42 bits per heavy atom. The minimum atomic E-state index is -0.257. The van der Waals surface area contributed by atoms with E-state index in [2.05, 4.69) is 10.2 Å². The first-order valence-electron chi connectivity index (χ1n) is 10.4. The summed E-state index contributed by atoms with van der Waals surface area (Å²) in [7, 11) is 1.57. The number of ether oxygens (including phenoxy) is 1. The summed E-state index contributed by atoms with van der Waals surface area (Å²) in [6, 6.07) is 13.6. The summed E-state index contributed by atoms with van der Waals surface area (Å²) < 4.78 is 18.3. The van der Waals surface area contributed by atoms with Gasteiger partial charge in [0.05, 0.1) is 20.2 Å². The van der Waals surface area contributed by atoms with Crippen molar-refractivity contribution in [1.82, 2.24) is 9.80 Å². The van der Waals surface area contributed by atoms with Gasteiger partial charge in [0.25, 0.3) is 0 Å². The van der Waals surface area contributed by atoms with Crippen LogP contribution in [0.5, 0.6) is 5.75 Å². The van der Waals surface area contributed by atoms with Crippen molar-refractivity contribution in [2.24, 2.45) is 0 Å². The zero-order chi connectivity index (χ0) is 22.2. The quantitative estimate of drug-likeness (QED) is 0.700. The van der Waals surface area contributed by atoms with Crippen molar-refractivity contribution in [2.75, 3.05) is 63.1 Å². The van der Waals surface area contributed by atoms with E-state index in [1.54, 1.807) is 37.4 Å². The highest BCUT2D eigenvalue weighted by molar-refractivity contribution is 5.92. The summed E-state index contributed by atoms with van der Waals surface area (Å²) >= 11 is 0. The number of rotatable bonds is 8. The number of carbonyl (C=O) groups is 2. The molecule has 1 saturated heterocycles. The maximum Gasteiger partial charge on any atom is 0.238 e. The van der Waals surface area contributed by atoms with Crippen LogP contribution in [-0.4, -0.2) is 74.5 Å². The molecule has 2 aromatic rings. The largest absolute Gasteiger partial charge is 0.497 e. The topological polar surface area (TPSA) is 65.1 Å². The number of hydrogen-bond donors (Lipinski definition) is 1. The summed E-state index contributed by atoms with van der Waals surface area (Å²) in [4.78, 5) is 30.9. The highest BCUT2D eigenvalue weighted by Gasteiger charge is 2.23. The molecular formula is C23H29FN4O3. The minimum absolute atomic E-state index is 0.00906. The Morgan fingerprint density at radius 2 is 1.77 bits per heavy atom. The maximum absolute atomic E-state index is 13.1. The third-order valence-corrected chi connectivity index (χ3v) is 5.35. The number of likely N-dealkylation sites (N-methyl/N-ethyl adjacent to an activating group) is 1. The van der Waals surface area contributed by atoms with Crippen molar-refractivity contribution < 1.29 is 18.7 Å². The average Bonchev–Trinajstić information content (AvgIpc) is 2.79. The molecule has 2 aromatic carbocycles. The average molecular weight is 429 g/mol. The number of amides is 2. The van der Waals surface area contributed by atoms with Gasteiger partial charge in [-0.2, -0.15) is 0 Å². The number of carbonyl (C=O) groups excluding carboxylic acids is 2. The molecule has 0 unspecified atom stereocenters. The number of nitrogens with one attached hydrogen (secondary N) is 1. The molecule has 3 rings (SSSR count). The first-order valence-corrected chi connectivity index (χ1v) is 10.4. The number of methoxy groups -OCH3 is 1. The van der Waals surface area contributed by atoms with E-state index in [0.29, 0.717) is 44.2 Å². The van der Waals surface area contributed by atoms with E-state index in [0.717, 1.165) is 5.69 Å². The molecule has 31 heavy (non-hydrogen) atoms. The Labute approximate surface area is 182 Å². The third kappa shape index (κ3) is 6.42. The number of nitrogens with zero attached hydrogens (tertiary/aromatic N) is 3. The highest BCUT2D eigenvalue weighted by Crippen LogP contribution is 2.18. The number of anilines is 2. The smallest absolute Gasteiger partial charge is 0.238 e. The first-order chi connectivity index (χ1) is 15.0. The molecule has 0 spiro atoms. The van der Waals surface area contributed by atoms with Crippen molar-refractivity contribution in [1.29, 1.82) is 0 Å². The second kappa shape index (κ2) is 10.8. The van der Waals surface area contributed by atoms with Gasteiger partial charge in [0.15, 0.2) is 0 Å². The van der Waals surface area contributed by atoms with Crippen LogP contribution in [0.15, 0.2) is 48.5 Å². The van der Waals surface area contributed by atoms with Gasteiger partial charge in [0, 0.05) is 43.6 Å². The van der Waals surface area contributed by atoms with Gasteiger partial charge in [-0.15, -0.1) is 0 Å². The van der Waals surface area contributed by atoms with Crippen molar-refractivity contribution in [3.8, 4) is 5.75 Å². The predicted molar refractivity (Wildman–Crippen MR) is 119 cm³/mol. The molecule has 0 atom stereocenters. The van der Waals surface area contributed by atoms with E-state index in [9.17, 15) is 14.0 Å². The van der Waals surface area contributed by atoms with Gasteiger partial charge in [0.1, 0.15) is 11.6 Å². The van der Waals surface area contributed by atoms with Crippen LogP contribution in [0.2, 0.25) is 0 Å². The van der Waals surface area contributed by atoms with Crippen LogP contribution in [0.4, 0.5) is 15.8 Å². The number of piperazine rings is 1. The molecule has 1 fully saturated rings. The van der Waals surface area contributed by atoms with Gasteiger partial charge in [-0.05, 0) is 42.9 Å². The van der Waals surface area contributed by atoms with E-state index in [1.165, 1.54) is 12.1 Å². The van der Waals surface area contributed by atoms with E-state index in [-0.39, 0.29) is 30.7 Å². The SMILES string of the molecule is CCN(CC(=O)Nc1cccc(OC)c1)CC(=O)N1CCN(c2ccc(F)cc2)CC1. The summed E-state index contributed by atoms with van der Waals surface area (Å²) in [5.74, 6) is 0.242. The van der Waals surface area contributed by atoms with Crippen LogP contribution >= 0.6 is 0 Å². The van der Waals surface area contributed by atoms with E-state index >= 15 is 0 Å². The molecule has 0 bridgehead atoms. The predicted octanol–water partition coefficient (Wildman–Crippen LogP) is 2.44. The zero-order valence-corrected chi connectivity index (χ0v) is 18.0. The second-order valence-corrected chi connectivity index (χ2v) is 7.43. The van der Waals surface area contributed by atoms with Gasteiger partial charge in [0.2, 0.25) is 11.8 Å². The lowest BCUT2D eigenvalue weighted by Crippen LogP contribution is -2.51. The van der Waals surface area contributed by atoms with E-state index in [1.807, 2.05) is 22.8 Å². The number of hydrogen-bond acceptors (Lipinski definition) is 5. The van der Waals surface area contributed by atoms with Gasteiger partial charge < -0.3 is 19.9 Å². The third-order valence-electron chi connectivity index (χ3n) is 5.35. The fourth-order valence-corrected chi connectivity index (χ4v) is 3.54. The Balaban J connectivity index is 1.47. The summed E-state index contributed by atoms with van der Waals surface area (Å²) in [5.41, 5.74) is 1.61. The Hall–Kier alpha value is -3.13. The fourth-order valence-electron chi connectivity index (χ4n) is 3.54. The van der Waals surface area contributed by atoms with Crippen molar-refractivity contribution in [2.45, 2.75) is 6.92 Å². The molecule has 0 saturated carbocycles. The van der Waals surface area contributed by atoms with Gasteiger partial charge in [-0.1, -0.05) is 13.0 Å². The molecule has 1 N–H and O–H groups in total. The Kier molecular flexibility index (Phi) is 7.83. The van der Waals surface area contributed by atoms with Gasteiger partial charge in [-0.25, -0.2) is 4.39 Å². The standard InChI is InChI=1S/C23H29FN4O3/c1-3-26(16-22(29)25-19-5-4-6-21(15-19)31-2)17-23(30)28-13-11-27(12-14-28)20-9-7-18(24)8-10-20/h4-10,15H,3,11-14,16-17H2,1-2H3,(H,25,29). The monoisotopic (exact) mass is 428 g/mol. The van der Waals surface area contributed by atoms with E-state index in [4.69, 9.17) is 4.74 Å². The minimum Gasteiger partial charge on any atom is -0.497 e. The zero-order valence-electron chi connectivity index (χ0n) is 18.0. The number of halogens is 1. The molecular weight excluding hydrogens is 399 g/mol. The van der Waals surface area contributed by atoms with Crippen LogP contribution in [0.3, 0.4) is 0 Å². The molecule has 7 nitrogen and oxygen atoms in total. The van der Waals surface area contributed by atoms with Crippen molar-refractivity contribution >= 4 is 23.2 Å². The van der Waals surface area contributed by atoms with Crippen LogP contribution in [-0.2, 0) is 9.59 Å². The maximum atomic E-state index is 13.1. The molecule has 0 aliphatic carbocycles. The lowest BCUT2D eigenvalue weighted by atomic mass is 10.2. The first kappa shape index (κ1) is 22.6. The lowest BCUT2D eigenvalue weighted by Gasteiger charge is -2.37. The molecule has 1 aliphatic rings. The van der Waals surface area contributed by atoms with Crippen molar-refractivity contribution in [3.63, 3.8) is 0 Å². The molecule has 1 aliphatic heterocycles. The van der Waals surface area contributed by atoms with Crippen LogP contribution < -0.4 is 15.0 Å². The van der Waals surface area contributed by atoms with Gasteiger partial charge >= 0.3 is 0 Å². The lowest BCUT2D eigenvalue weighted by molar-refractivity contribution is -0.133. The Bertz CT molecular complexity index is 883. The normalized spacial score (nSPS) is 13.9. The molecule has 0 radical (unpaired) electrons. The molecule has 1 heterocycles. The highest BCUT2D eigenvalue weighted by atomic mass is 19.1. The second-order valence-electron chi connectivity index (χ2n) is 7.43. The number of benzene rings is 2.